The molecule has 0 amide bonds. The van der Waals surface area contributed by atoms with E-state index in [-0.39, 0.29) is 0 Å². The number of benzene rings is 3. The minimum absolute atomic E-state index is 0.754. The SMILES string of the molecule is COc1ccc(N2CCN(c3ccc4c5c(ccc4c3)C3=C(CCC=C3)CC5)CC2)c(Cl)c1. The summed E-state index contributed by atoms with van der Waals surface area (Å²) in [5.41, 5.74) is 8.53. The second-order valence-electron chi connectivity index (χ2n) is 9.25. The molecule has 1 aliphatic heterocycles. The number of hydrogen-bond donors (Lipinski definition) is 0. The molecule has 6 rings (SSSR count). The van der Waals surface area contributed by atoms with Crippen molar-refractivity contribution in [2.45, 2.75) is 25.7 Å². The van der Waals surface area contributed by atoms with E-state index in [9.17, 15) is 0 Å². The van der Waals surface area contributed by atoms with E-state index in [4.69, 9.17) is 16.3 Å². The Labute approximate surface area is 200 Å². The van der Waals surface area contributed by atoms with Crippen LogP contribution in [0.3, 0.4) is 0 Å². The summed E-state index contributed by atoms with van der Waals surface area (Å²) in [5.74, 6) is 0.799. The maximum absolute atomic E-state index is 6.52. The first kappa shape index (κ1) is 20.7. The third-order valence-electron chi connectivity index (χ3n) is 7.50. The van der Waals surface area contributed by atoms with Gasteiger partial charge in [-0.15, -0.1) is 0 Å². The number of methoxy groups -OCH3 is 1. The molecule has 3 nitrogen and oxygen atoms in total. The molecular weight excluding hydrogens is 428 g/mol. The molecule has 0 atom stereocenters. The van der Waals surface area contributed by atoms with Crippen LogP contribution in [0.5, 0.6) is 5.75 Å². The number of allylic oxidation sites excluding steroid dienone is 4. The average Bonchev–Trinajstić information content (AvgIpc) is 2.88. The van der Waals surface area contributed by atoms with Gasteiger partial charge in [0, 0.05) is 37.9 Å². The monoisotopic (exact) mass is 456 g/mol. The molecule has 0 saturated carbocycles. The van der Waals surface area contributed by atoms with E-state index in [2.05, 4.69) is 58.4 Å². The molecule has 2 aliphatic carbocycles. The van der Waals surface area contributed by atoms with E-state index < -0.39 is 0 Å². The van der Waals surface area contributed by atoms with Gasteiger partial charge in [0.1, 0.15) is 5.75 Å². The smallest absolute Gasteiger partial charge is 0.120 e. The number of piperazine rings is 1. The molecule has 3 aliphatic rings. The molecule has 0 spiro atoms. The Bertz CT molecular complexity index is 1280. The second-order valence-corrected chi connectivity index (χ2v) is 9.65. The van der Waals surface area contributed by atoms with Crippen LogP contribution in [0.25, 0.3) is 16.3 Å². The predicted molar refractivity (Wildman–Crippen MR) is 140 cm³/mol. The summed E-state index contributed by atoms with van der Waals surface area (Å²) in [6.07, 6.45) is 9.49. The molecule has 0 bridgehead atoms. The van der Waals surface area contributed by atoms with E-state index in [1.165, 1.54) is 58.8 Å². The van der Waals surface area contributed by atoms with Crippen molar-refractivity contribution in [2.24, 2.45) is 0 Å². The van der Waals surface area contributed by atoms with Crippen molar-refractivity contribution < 1.29 is 4.74 Å². The van der Waals surface area contributed by atoms with Gasteiger partial charge in [-0.25, -0.2) is 0 Å². The maximum atomic E-state index is 6.52. The molecule has 0 N–H and O–H groups in total. The molecule has 1 fully saturated rings. The number of anilines is 2. The highest BCUT2D eigenvalue weighted by molar-refractivity contribution is 6.33. The highest BCUT2D eigenvalue weighted by atomic mass is 35.5. The molecule has 1 heterocycles. The lowest BCUT2D eigenvalue weighted by Crippen LogP contribution is -2.46. The highest BCUT2D eigenvalue weighted by Gasteiger charge is 2.22. The number of ether oxygens (including phenoxy) is 1. The molecule has 4 heteroatoms. The average molecular weight is 457 g/mol. The van der Waals surface area contributed by atoms with Crippen LogP contribution < -0.4 is 14.5 Å². The molecule has 168 valence electrons. The normalized spacial score (nSPS) is 17.9. The zero-order chi connectivity index (χ0) is 22.4. The summed E-state index contributed by atoms with van der Waals surface area (Å²) in [4.78, 5) is 4.87. The van der Waals surface area contributed by atoms with Crippen LogP contribution in [0.15, 0.2) is 66.3 Å². The summed E-state index contributed by atoms with van der Waals surface area (Å²) < 4.78 is 5.29. The van der Waals surface area contributed by atoms with Gasteiger partial charge in [0.05, 0.1) is 17.8 Å². The third-order valence-corrected chi connectivity index (χ3v) is 7.80. The van der Waals surface area contributed by atoms with E-state index in [1.807, 2.05) is 12.1 Å². The Morgan fingerprint density at radius 3 is 2.52 bits per heavy atom. The van der Waals surface area contributed by atoms with Crippen LogP contribution in [0.4, 0.5) is 11.4 Å². The molecule has 1 saturated heterocycles. The molecule has 3 aromatic rings. The summed E-state index contributed by atoms with van der Waals surface area (Å²) in [5, 5.41) is 3.53. The zero-order valence-electron chi connectivity index (χ0n) is 19.1. The molecular formula is C29H29ClN2O. The Kier molecular flexibility index (Phi) is 5.30. The standard InChI is InChI=1S/C29H29ClN2O/c1-33-23-9-13-29(28(30)19-23)32-16-14-31(15-17-32)22-8-12-25-21(18-22)7-11-26-24-5-3-2-4-20(24)6-10-27(25)26/h3,5,7-9,11-13,18-19H,2,4,6,10,14-17H2,1H3. The van der Waals surface area contributed by atoms with Crippen molar-refractivity contribution in [2.75, 3.05) is 43.1 Å². The van der Waals surface area contributed by atoms with Gasteiger partial charge in [-0.1, -0.05) is 47.5 Å². The first-order valence-corrected chi connectivity index (χ1v) is 12.4. The number of aryl methyl sites for hydroxylation is 1. The molecule has 0 aromatic heterocycles. The summed E-state index contributed by atoms with van der Waals surface area (Å²) in [7, 11) is 1.67. The fourth-order valence-electron chi connectivity index (χ4n) is 5.70. The van der Waals surface area contributed by atoms with Gasteiger partial charge in [-0.3, -0.25) is 0 Å². The summed E-state index contributed by atoms with van der Waals surface area (Å²) in [6, 6.07) is 17.7. The molecule has 0 unspecified atom stereocenters. The lowest BCUT2D eigenvalue weighted by atomic mass is 9.79. The largest absolute Gasteiger partial charge is 0.497 e. The van der Waals surface area contributed by atoms with Gasteiger partial charge >= 0.3 is 0 Å². The number of fused-ring (bicyclic) bond motifs is 4. The summed E-state index contributed by atoms with van der Waals surface area (Å²) >= 11 is 6.52. The van der Waals surface area contributed by atoms with Crippen LogP contribution in [0, 0.1) is 0 Å². The van der Waals surface area contributed by atoms with Crippen LogP contribution in [0.1, 0.15) is 30.4 Å². The van der Waals surface area contributed by atoms with Gasteiger partial charge in [0.25, 0.3) is 0 Å². The van der Waals surface area contributed by atoms with Crippen LogP contribution in [-0.2, 0) is 6.42 Å². The second kappa shape index (κ2) is 8.46. The van der Waals surface area contributed by atoms with E-state index in [0.717, 1.165) is 42.6 Å². The lowest BCUT2D eigenvalue weighted by molar-refractivity contribution is 0.415. The lowest BCUT2D eigenvalue weighted by Gasteiger charge is -2.38. The molecule has 0 radical (unpaired) electrons. The fraction of sp³-hybridized carbons (Fsp3) is 0.310. The molecule has 3 aromatic carbocycles. The van der Waals surface area contributed by atoms with Gasteiger partial charge in [0.15, 0.2) is 0 Å². The Balaban J connectivity index is 1.23. The minimum Gasteiger partial charge on any atom is -0.497 e. The van der Waals surface area contributed by atoms with Crippen molar-refractivity contribution in [1.82, 2.24) is 0 Å². The Hall–Kier alpha value is -2.91. The van der Waals surface area contributed by atoms with Crippen molar-refractivity contribution in [3.8, 4) is 5.75 Å². The quantitative estimate of drug-likeness (QED) is 0.427. The maximum Gasteiger partial charge on any atom is 0.120 e. The first-order chi connectivity index (χ1) is 16.2. The number of rotatable bonds is 3. The van der Waals surface area contributed by atoms with Crippen molar-refractivity contribution in [1.29, 1.82) is 0 Å². The Morgan fingerprint density at radius 1 is 0.848 bits per heavy atom. The van der Waals surface area contributed by atoms with E-state index in [1.54, 1.807) is 12.7 Å². The Morgan fingerprint density at radius 2 is 1.70 bits per heavy atom. The topological polar surface area (TPSA) is 15.7 Å². The van der Waals surface area contributed by atoms with Crippen LogP contribution >= 0.6 is 11.6 Å². The van der Waals surface area contributed by atoms with E-state index in [0.29, 0.717) is 0 Å². The molecule has 33 heavy (non-hydrogen) atoms. The third kappa shape index (κ3) is 3.69. The predicted octanol–water partition coefficient (Wildman–Crippen LogP) is 6.88. The summed E-state index contributed by atoms with van der Waals surface area (Å²) in [6.45, 7) is 3.88. The highest BCUT2D eigenvalue weighted by Crippen LogP contribution is 2.40. The van der Waals surface area contributed by atoms with Gasteiger partial charge in [-0.2, -0.15) is 0 Å². The van der Waals surface area contributed by atoms with Crippen LogP contribution in [0.2, 0.25) is 5.02 Å². The van der Waals surface area contributed by atoms with Gasteiger partial charge in [-0.05, 0) is 77.4 Å². The fourth-order valence-corrected chi connectivity index (χ4v) is 5.99. The number of hydrogen-bond acceptors (Lipinski definition) is 3. The number of nitrogens with zero attached hydrogens (tertiary/aromatic N) is 2. The first-order valence-electron chi connectivity index (χ1n) is 12.0. The zero-order valence-corrected chi connectivity index (χ0v) is 19.9. The van der Waals surface area contributed by atoms with Gasteiger partial charge in [0.2, 0.25) is 0 Å². The minimum atomic E-state index is 0.754. The van der Waals surface area contributed by atoms with Crippen molar-refractivity contribution in [3.05, 3.63) is 82.4 Å². The number of halogens is 1. The van der Waals surface area contributed by atoms with Gasteiger partial charge < -0.3 is 14.5 Å². The van der Waals surface area contributed by atoms with E-state index >= 15 is 0 Å². The van der Waals surface area contributed by atoms with Crippen LogP contribution in [-0.4, -0.2) is 33.3 Å². The van der Waals surface area contributed by atoms with Crippen molar-refractivity contribution in [3.63, 3.8) is 0 Å². The van der Waals surface area contributed by atoms with Crippen molar-refractivity contribution >= 4 is 39.3 Å².